The van der Waals surface area contributed by atoms with Gasteiger partial charge in [0, 0.05) is 19.6 Å². The minimum absolute atomic E-state index is 0.304. The van der Waals surface area contributed by atoms with Gasteiger partial charge in [-0.3, -0.25) is 0 Å². The molecule has 1 fully saturated rings. The van der Waals surface area contributed by atoms with E-state index in [9.17, 15) is 0 Å². The molecule has 0 aliphatic heterocycles. The number of nitrogens with one attached hydrogen (secondary N) is 1. The summed E-state index contributed by atoms with van der Waals surface area (Å²) in [5, 5.41) is 14.7. The number of nitrogens with two attached hydrogens (primary N) is 1. The van der Waals surface area contributed by atoms with Crippen LogP contribution in [0.5, 0.6) is 0 Å². The van der Waals surface area contributed by atoms with Crippen molar-refractivity contribution in [2.75, 3.05) is 13.7 Å². The summed E-state index contributed by atoms with van der Waals surface area (Å²) in [4.78, 5) is 0. The third kappa shape index (κ3) is 4.48. The Kier molecular flexibility index (Phi) is 5.42. The van der Waals surface area contributed by atoms with E-state index in [0.29, 0.717) is 24.4 Å². The lowest BCUT2D eigenvalue weighted by Gasteiger charge is -2.12. The van der Waals surface area contributed by atoms with Crippen molar-refractivity contribution in [3.63, 3.8) is 0 Å². The molecule has 88 valence electrons. The van der Waals surface area contributed by atoms with Crippen LogP contribution < -0.4 is 11.1 Å². The van der Waals surface area contributed by atoms with Gasteiger partial charge in [-0.05, 0) is 32.2 Å². The van der Waals surface area contributed by atoms with Crippen molar-refractivity contribution in [1.82, 2.24) is 5.32 Å². The van der Waals surface area contributed by atoms with Gasteiger partial charge in [0.05, 0.1) is 6.10 Å². The lowest BCUT2D eigenvalue weighted by atomic mass is 10.2. The molecule has 0 aromatic heterocycles. The maximum absolute atomic E-state index is 8.34. The van der Waals surface area contributed by atoms with Crippen LogP contribution in [0.1, 0.15) is 32.1 Å². The summed E-state index contributed by atoms with van der Waals surface area (Å²) in [6.07, 6.45) is 5.40. The number of nitrogens with zero attached hydrogens (tertiary/aromatic N) is 1. The molecule has 5 nitrogen and oxygen atoms in total. The zero-order valence-electron chi connectivity index (χ0n) is 9.28. The quantitative estimate of drug-likeness (QED) is 0.200. The first-order chi connectivity index (χ1) is 7.26. The van der Waals surface area contributed by atoms with Crippen molar-refractivity contribution in [3.8, 4) is 0 Å². The average Bonchev–Trinajstić information content (AvgIpc) is 2.72. The van der Waals surface area contributed by atoms with Crippen molar-refractivity contribution in [3.05, 3.63) is 0 Å². The van der Waals surface area contributed by atoms with Crippen molar-refractivity contribution >= 4 is 5.84 Å². The molecule has 1 aliphatic carbocycles. The van der Waals surface area contributed by atoms with Crippen molar-refractivity contribution in [2.24, 2.45) is 10.9 Å². The number of oxime groups is 1. The summed E-state index contributed by atoms with van der Waals surface area (Å²) in [7, 11) is 1.77. The fraction of sp³-hybridized carbons (Fsp3) is 0.900. The van der Waals surface area contributed by atoms with Crippen LogP contribution in [0.25, 0.3) is 0 Å². The van der Waals surface area contributed by atoms with Crippen LogP contribution in [0.2, 0.25) is 0 Å². The van der Waals surface area contributed by atoms with E-state index in [-0.39, 0.29) is 0 Å². The number of hydrogen-bond acceptors (Lipinski definition) is 4. The summed E-state index contributed by atoms with van der Waals surface area (Å²) in [6, 6.07) is 0.572. The summed E-state index contributed by atoms with van der Waals surface area (Å²) in [6.45, 7) is 0.914. The standard InChI is InChI=1S/C10H21N3O2/c1-15-9-5-4-8(7-9)12-6-2-3-10(11)13-14/h8-9,12,14H,2-7H2,1H3,(H2,11,13). The highest BCUT2D eigenvalue weighted by molar-refractivity contribution is 5.79. The van der Waals surface area contributed by atoms with Crippen LogP contribution in [-0.4, -0.2) is 36.8 Å². The zero-order valence-corrected chi connectivity index (χ0v) is 9.28. The highest BCUT2D eigenvalue weighted by Crippen LogP contribution is 2.21. The van der Waals surface area contributed by atoms with E-state index >= 15 is 0 Å². The smallest absolute Gasteiger partial charge is 0.139 e. The summed E-state index contributed by atoms with van der Waals surface area (Å²) < 4.78 is 5.29. The zero-order chi connectivity index (χ0) is 11.1. The van der Waals surface area contributed by atoms with Crippen LogP contribution in [0, 0.1) is 0 Å². The highest BCUT2D eigenvalue weighted by Gasteiger charge is 2.23. The number of amidine groups is 1. The summed E-state index contributed by atoms with van der Waals surface area (Å²) in [5.74, 6) is 0.304. The van der Waals surface area contributed by atoms with Gasteiger partial charge in [0.15, 0.2) is 0 Å². The molecular weight excluding hydrogens is 194 g/mol. The van der Waals surface area contributed by atoms with E-state index in [0.717, 1.165) is 25.8 Å². The molecule has 0 aromatic carbocycles. The lowest BCUT2D eigenvalue weighted by Crippen LogP contribution is -2.28. The predicted molar refractivity (Wildman–Crippen MR) is 59.1 cm³/mol. The van der Waals surface area contributed by atoms with Gasteiger partial charge in [0.25, 0.3) is 0 Å². The maximum atomic E-state index is 8.34. The number of hydrogen-bond donors (Lipinski definition) is 3. The van der Waals surface area contributed by atoms with Gasteiger partial charge in [-0.1, -0.05) is 5.16 Å². The first-order valence-electron chi connectivity index (χ1n) is 5.49. The second-order valence-electron chi connectivity index (χ2n) is 4.02. The molecule has 0 bridgehead atoms. The SMILES string of the molecule is COC1CCC(NCCCC(N)=NO)C1. The number of rotatable bonds is 6. The molecule has 1 aliphatic rings. The maximum Gasteiger partial charge on any atom is 0.139 e. The molecule has 2 atom stereocenters. The molecule has 15 heavy (non-hydrogen) atoms. The molecule has 0 spiro atoms. The van der Waals surface area contributed by atoms with E-state index in [2.05, 4.69) is 10.5 Å². The Morgan fingerprint density at radius 3 is 3.00 bits per heavy atom. The first kappa shape index (κ1) is 12.3. The number of methoxy groups -OCH3 is 1. The van der Waals surface area contributed by atoms with E-state index in [1.165, 1.54) is 6.42 Å². The van der Waals surface area contributed by atoms with Crippen LogP contribution in [-0.2, 0) is 4.74 Å². The van der Waals surface area contributed by atoms with Crippen molar-refractivity contribution < 1.29 is 9.94 Å². The second kappa shape index (κ2) is 6.63. The van der Waals surface area contributed by atoms with Crippen LogP contribution in [0.3, 0.4) is 0 Å². The van der Waals surface area contributed by atoms with Crippen LogP contribution >= 0.6 is 0 Å². The Balaban J connectivity index is 2.01. The molecule has 1 saturated carbocycles. The van der Waals surface area contributed by atoms with Gasteiger partial charge >= 0.3 is 0 Å². The van der Waals surface area contributed by atoms with Gasteiger partial charge in [-0.25, -0.2) is 0 Å². The normalized spacial score (nSPS) is 27.1. The average molecular weight is 215 g/mol. The Morgan fingerprint density at radius 1 is 1.60 bits per heavy atom. The topological polar surface area (TPSA) is 79.9 Å². The van der Waals surface area contributed by atoms with E-state index < -0.39 is 0 Å². The van der Waals surface area contributed by atoms with Gasteiger partial charge < -0.3 is 21.0 Å². The molecule has 1 rings (SSSR count). The third-order valence-corrected chi connectivity index (χ3v) is 2.89. The highest BCUT2D eigenvalue weighted by atomic mass is 16.5. The molecule has 5 heteroatoms. The first-order valence-corrected chi connectivity index (χ1v) is 5.49. The Morgan fingerprint density at radius 2 is 2.40 bits per heavy atom. The Labute approximate surface area is 90.7 Å². The summed E-state index contributed by atoms with van der Waals surface area (Å²) >= 11 is 0. The molecule has 0 amide bonds. The van der Waals surface area contributed by atoms with Crippen LogP contribution in [0.4, 0.5) is 0 Å². The van der Waals surface area contributed by atoms with E-state index in [4.69, 9.17) is 15.7 Å². The largest absolute Gasteiger partial charge is 0.409 e. The Hall–Kier alpha value is -0.810. The molecule has 4 N–H and O–H groups in total. The van der Waals surface area contributed by atoms with Gasteiger partial charge in [-0.15, -0.1) is 0 Å². The minimum Gasteiger partial charge on any atom is -0.409 e. The van der Waals surface area contributed by atoms with E-state index in [1.54, 1.807) is 7.11 Å². The molecule has 0 heterocycles. The Bertz CT molecular complexity index is 209. The molecule has 0 saturated heterocycles. The lowest BCUT2D eigenvalue weighted by molar-refractivity contribution is 0.107. The third-order valence-electron chi connectivity index (χ3n) is 2.89. The predicted octanol–water partition coefficient (Wildman–Crippen LogP) is 0.670. The molecule has 0 aromatic rings. The molecule has 2 unspecified atom stereocenters. The van der Waals surface area contributed by atoms with Gasteiger partial charge in [0.2, 0.25) is 0 Å². The fourth-order valence-corrected chi connectivity index (χ4v) is 1.97. The number of ether oxygens (including phenoxy) is 1. The van der Waals surface area contributed by atoms with Crippen LogP contribution in [0.15, 0.2) is 5.16 Å². The van der Waals surface area contributed by atoms with Crippen molar-refractivity contribution in [2.45, 2.75) is 44.2 Å². The minimum atomic E-state index is 0.304. The second-order valence-corrected chi connectivity index (χ2v) is 4.02. The van der Waals surface area contributed by atoms with Gasteiger partial charge in [-0.2, -0.15) is 0 Å². The fourth-order valence-electron chi connectivity index (χ4n) is 1.97. The molecule has 0 radical (unpaired) electrons. The van der Waals surface area contributed by atoms with E-state index in [1.807, 2.05) is 0 Å². The molecular formula is C10H21N3O2. The van der Waals surface area contributed by atoms with Crippen molar-refractivity contribution in [1.29, 1.82) is 0 Å². The van der Waals surface area contributed by atoms with Gasteiger partial charge in [0.1, 0.15) is 5.84 Å². The summed E-state index contributed by atoms with van der Waals surface area (Å²) in [5.41, 5.74) is 5.36. The monoisotopic (exact) mass is 215 g/mol.